The number of hydrogen-bond donors (Lipinski definition) is 0. The number of carbonyl (C=O) groups is 2. The molecule has 0 fully saturated rings. The molecule has 232 valence electrons. The first-order chi connectivity index (χ1) is 21.6. The van der Waals surface area contributed by atoms with Crippen molar-refractivity contribution >= 4 is 41.2 Å². The van der Waals surface area contributed by atoms with Gasteiger partial charge in [0, 0.05) is 12.1 Å². The molecule has 2 radical (unpaired) electrons. The first kappa shape index (κ1) is 34.0. The van der Waals surface area contributed by atoms with Crippen LogP contribution in [0.25, 0.3) is 0 Å². The molecule has 0 saturated heterocycles. The number of aryl methyl sites for hydroxylation is 2. The molecule has 0 amide bonds. The van der Waals surface area contributed by atoms with Gasteiger partial charge in [-0.2, -0.15) is 0 Å². The Bertz CT molecular complexity index is 1540. The molecule has 10 heteroatoms. The van der Waals surface area contributed by atoms with Gasteiger partial charge < -0.3 is 9.47 Å². The third-order valence-corrected chi connectivity index (χ3v) is 7.86. The van der Waals surface area contributed by atoms with Crippen LogP contribution in [0.5, 0.6) is 11.5 Å². The fourth-order valence-corrected chi connectivity index (χ4v) is 4.98. The third kappa shape index (κ3) is 10.0. The molecule has 0 aliphatic heterocycles. The van der Waals surface area contributed by atoms with Gasteiger partial charge in [0.1, 0.15) is 42.6 Å². The molecule has 4 rings (SSSR count). The van der Waals surface area contributed by atoms with E-state index in [4.69, 9.17) is 17.3 Å². The molecule has 0 aromatic heterocycles. The maximum Gasteiger partial charge on any atom is 0.346 e. The van der Waals surface area contributed by atoms with Gasteiger partial charge in [-0.1, -0.05) is 55.8 Å². The van der Waals surface area contributed by atoms with E-state index in [-0.39, 0.29) is 32.6 Å². The number of rotatable bonds is 14. The van der Waals surface area contributed by atoms with Gasteiger partial charge in [0.15, 0.2) is 0 Å². The SMILES string of the molecule is [B]c1ccc(OC(=O)c2ccc(CCCCCCCCCc3ccc(C(=O)Oc4ccc(Br)c(F)c4)c(F)c3)cc2F)cc1F. The lowest BCUT2D eigenvalue weighted by atomic mass is 9.96. The van der Waals surface area contributed by atoms with Crippen molar-refractivity contribution in [1.82, 2.24) is 0 Å². The fraction of sp³-hybridized carbons (Fsp3) is 0.257. The Hall–Kier alpha value is -3.92. The maximum atomic E-state index is 14.6. The first-order valence-electron chi connectivity index (χ1n) is 14.6. The summed E-state index contributed by atoms with van der Waals surface area (Å²) in [5.74, 6) is -4.57. The van der Waals surface area contributed by atoms with Crippen molar-refractivity contribution in [2.45, 2.75) is 57.8 Å². The van der Waals surface area contributed by atoms with Gasteiger partial charge in [-0.15, -0.1) is 0 Å². The Kier molecular flexibility index (Phi) is 12.4. The van der Waals surface area contributed by atoms with Crippen LogP contribution in [-0.4, -0.2) is 19.8 Å². The van der Waals surface area contributed by atoms with Gasteiger partial charge in [0.2, 0.25) is 0 Å². The summed E-state index contributed by atoms with van der Waals surface area (Å²) in [6.07, 6.45) is 8.15. The Balaban J connectivity index is 1.10. The second kappa shape index (κ2) is 16.4. The number of halogens is 5. The monoisotopic (exact) mass is 680 g/mol. The zero-order valence-electron chi connectivity index (χ0n) is 24.4. The molecule has 4 nitrogen and oxygen atoms in total. The minimum atomic E-state index is -0.915. The minimum Gasteiger partial charge on any atom is -0.423 e. The van der Waals surface area contributed by atoms with Crippen molar-refractivity contribution in [3.63, 3.8) is 0 Å². The number of esters is 2. The lowest BCUT2D eigenvalue weighted by Crippen LogP contribution is -2.13. The van der Waals surface area contributed by atoms with Crippen molar-refractivity contribution in [3.8, 4) is 11.5 Å². The average molecular weight is 681 g/mol. The van der Waals surface area contributed by atoms with E-state index in [9.17, 15) is 27.2 Å². The minimum absolute atomic E-state index is 0.0114. The normalized spacial score (nSPS) is 11.0. The summed E-state index contributed by atoms with van der Waals surface area (Å²) in [5, 5.41) is 0. The van der Waals surface area contributed by atoms with Gasteiger partial charge in [-0.3, -0.25) is 0 Å². The number of ether oxygens (including phenoxy) is 2. The van der Waals surface area contributed by atoms with E-state index in [1.165, 1.54) is 48.5 Å². The predicted molar refractivity (Wildman–Crippen MR) is 168 cm³/mol. The predicted octanol–water partition coefficient (Wildman–Crippen LogP) is 8.75. The molecule has 4 aromatic rings. The van der Waals surface area contributed by atoms with Crippen LogP contribution in [0.15, 0.2) is 77.3 Å². The van der Waals surface area contributed by atoms with Crippen LogP contribution in [-0.2, 0) is 12.8 Å². The number of hydrogen-bond acceptors (Lipinski definition) is 4. The highest BCUT2D eigenvalue weighted by atomic mass is 79.9. The first-order valence-corrected chi connectivity index (χ1v) is 15.4. The summed E-state index contributed by atoms with van der Waals surface area (Å²) >= 11 is 3.02. The van der Waals surface area contributed by atoms with E-state index in [0.29, 0.717) is 12.8 Å². The lowest BCUT2D eigenvalue weighted by Gasteiger charge is -2.08. The highest BCUT2D eigenvalue weighted by Crippen LogP contribution is 2.23. The van der Waals surface area contributed by atoms with Crippen LogP contribution in [0.4, 0.5) is 17.6 Å². The molecule has 0 aliphatic rings. The van der Waals surface area contributed by atoms with E-state index < -0.39 is 35.2 Å². The zero-order valence-corrected chi connectivity index (χ0v) is 26.0. The quantitative estimate of drug-likeness (QED) is 0.0439. The molecule has 0 N–H and O–H groups in total. The van der Waals surface area contributed by atoms with Gasteiger partial charge in [-0.25, -0.2) is 27.2 Å². The van der Waals surface area contributed by atoms with Gasteiger partial charge >= 0.3 is 11.9 Å². The van der Waals surface area contributed by atoms with Crippen LogP contribution < -0.4 is 14.9 Å². The molecule has 0 bridgehead atoms. The lowest BCUT2D eigenvalue weighted by molar-refractivity contribution is 0.0719. The summed E-state index contributed by atoms with van der Waals surface area (Å²) in [4.78, 5) is 24.6. The average Bonchev–Trinajstić information content (AvgIpc) is 3.00. The standard InChI is InChI=1S/C35H30BBrF4O4/c36-28-16-12-24(20-32(28)40)44-34(42)26-14-10-22(18-30(26)38)8-6-4-2-1-3-5-7-9-23-11-15-27(31(39)19-23)35(43)45-25-13-17-29(37)33(41)21-25/h10-21H,1-9H2. The summed E-state index contributed by atoms with van der Waals surface area (Å²) in [6.45, 7) is 0. The molecule has 4 aromatic carbocycles. The zero-order chi connectivity index (χ0) is 32.3. The molecule has 45 heavy (non-hydrogen) atoms. The summed E-state index contributed by atoms with van der Waals surface area (Å²) < 4.78 is 66.7. The Morgan fingerprint density at radius 1 is 0.556 bits per heavy atom. The van der Waals surface area contributed by atoms with E-state index >= 15 is 0 Å². The molecule has 0 saturated carbocycles. The molecular weight excluding hydrogens is 651 g/mol. The largest absolute Gasteiger partial charge is 0.423 e. The number of unbranched alkanes of at least 4 members (excludes halogenated alkanes) is 6. The second-order valence-corrected chi connectivity index (χ2v) is 11.5. The van der Waals surface area contributed by atoms with Gasteiger partial charge in [0.05, 0.1) is 15.6 Å². The van der Waals surface area contributed by atoms with E-state index in [1.807, 2.05) is 0 Å². The third-order valence-electron chi connectivity index (χ3n) is 7.22. The molecular formula is C35H30BBrF4O4. The molecule has 0 atom stereocenters. The van der Waals surface area contributed by atoms with Crippen LogP contribution in [0.1, 0.15) is 76.8 Å². The van der Waals surface area contributed by atoms with Crippen molar-refractivity contribution in [1.29, 1.82) is 0 Å². The van der Waals surface area contributed by atoms with E-state index in [1.54, 1.807) is 12.1 Å². The smallest absolute Gasteiger partial charge is 0.346 e. The maximum absolute atomic E-state index is 14.6. The van der Waals surface area contributed by atoms with Crippen molar-refractivity contribution in [3.05, 3.63) is 123 Å². The topological polar surface area (TPSA) is 52.6 Å². The highest BCUT2D eigenvalue weighted by molar-refractivity contribution is 9.10. The van der Waals surface area contributed by atoms with E-state index in [2.05, 4.69) is 15.9 Å². The summed E-state index contributed by atoms with van der Waals surface area (Å²) in [7, 11) is 5.41. The van der Waals surface area contributed by atoms with Crippen molar-refractivity contribution in [2.24, 2.45) is 0 Å². The molecule has 0 heterocycles. The van der Waals surface area contributed by atoms with Crippen molar-refractivity contribution < 1.29 is 36.6 Å². The molecule has 0 aliphatic carbocycles. The highest BCUT2D eigenvalue weighted by Gasteiger charge is 2.17. The van der Waals surface area contributed by atoms with Gasteiger partial charge in [-0.05, 0) is 95.2 Å². The van der Waals surface area contributed by atoms with Gasteiger partial charge in [0.25, 0.3) is 0 Å². The summed E-state index contributed by atoms with van der Waals surface area (Å²) in [6, 6.07) is 16.2. The van der Waals surface area contributed by atoms with Crippen molar-refractivity contribution in [2.75, 3.05) is 0 Å². The second-order valence-electron chi connectivity index (χ2n) is 10.6. The van der Waals surface area contributed by atoms with Crippen LogP contribution >= 0.6 is 15.9 Å². The Labute approximate surface area is 269 Å². The van der Waals surface area contributed by atoms with Crippen LogP contribution in [0, 0.1) is 23.3 Å². The molecule has 0 unspecified atom stereocenters. The van der Waals surface area contributed by atoms with Crippen LogP contribution in [0.3, 0.4) is 0 Å². The van der Waals surface area contributed by atoms with E-state index in [0.717, 1.165) is 68.2 Å². The number of benzene rings is 4. The molecule has 0 spiro atoms. The van der Waals surface area contributed by atoms with Crippen LogP contribution in [0.2, 0.25) is 0 Å². The Morgan fingerprint density at radius 3 is 1.44 bits per heavy atom. The number of carbonyl (C=O) groups excluding carboxylic acids is 2. The fourth-order valence-electron chi connectivity index (χ4n) is 4.74. The summed E-state index contributed by atoms with van der Waals surface area (Å²) in [5.41, 5.74) is 1.03. The Morgan fingerprint density at radius 2 is 1.00 bits per heavy atom.